The van der Waals surface area contributed by atoms with Crippen molar-refractivity contribution in [2.45, 2.75) is 82.8 Å². The lowest BCUT2D eigenvalue weighted by Gasteiger charge is -2.31. The molecule has 3 rings (SSSR count). The molecule has 43 heavy (non-hydrogen) atoms. The summed E-state index contributed by atoms with van der Waals surface area (Å²) in [7, 11) is 1.51. The first-order valence-electron chi connectivity index (χ1n) is 14.7. The maximum atomic E-state index is 13.7. The predicted molar refractivity (Wildman–Crippen MR) is 162 cm³/mol. The summed E-state index contributed by atoms with van der Waals surface area (Å²) in [4.78, 5) is 53.9. The molecule has 2 aromatic carbocycles. The monoisotopic (exact) mass is 597 g/mol. The van der Waals surface area contributed by atoms with Crippen molar-refractivity contribution in [3.63, 3.8) is 0 Å². The Bertz CT molecular complexity index is 1290. The molecule has 1 aliphatic rings. The molecule has 0 bridgehead atoms. The minimum atomic E-state index is -1.00. The van der Waals surface area contributed by atoms with Gasteiger partial charge in [-0.2, -0.15) is 0 Å². The van der Waals surface area contributed by atoms with Crippen LogP contribution in [0.1, 0.15) is 63.1 Å². The van der Waals surface area contributed by atoms with Crippen molar-refractivity contribution < 1.29 is 28.7 Å². The van der Waals surface area contributed by atoms with Crippen LogP contribution in [0, 0.1) is 5.82 Å². The van der Waals surface area contributed by atoms with Gasteiger partial charge in [-0.25, -0.2) is 4.39 Å². The zero-order valence-electron chi connectivity index (χ0n) is 25.4. The Morgan fingerprint density at radius 1 is 1.02 bits per heavy atom. The summed E-state index contributed by atoms with van der Waals surface area (Å²) < 4.78 is 13.3. The number of rotatable bonds is 6. The largest absolute Gasteiger partial charge is 0.508 e. The molecular formula is C32H44FN5O5. The number of phenolic OH excluding ortho intramolecular Hbond substituents is 1. The number of phenols is 1. The van der Waals surface area contributed by atoms with E-state index in [-0.39, 0.29) is 49.3 Å². The third-order valence-corrected chi connectivity index (χ3v) is 7.62. The zero-order valence-corrected chi connectivity index (χ0v) is 25.4. The molecule has 0 aromatic heterocycles. The van der Waals surface area contributed by atoms with Gasteiger partial charge in [0.2, 0.25) is 23.6 Å². The second-order valence-corrected chi connectivity index (χ2v) is 12.2. The Kier molecular flexibility index (Phi) is 11.7. The van der Waals surface area contributed by atoms with E-state index in [1.807, 2.05) is 26.8 Å². The van der Waals surface area contributed by atoms with Crippen LogP contribution in [0.4, 0.5) is 4.39 Å². The van der Waals surface area contributed by atoms with E-state index >= 15 is 0 Å². The lowest BCUT2D eigenvalue weighted by molar-refractivity contribution is -0.141. The first-order valence-corrected chi connectivity index (χ1v) is 14.7. The summed E-state index contributed by atoms with van der Waals surface area (Å²) in [6, 6.07) is 7.89. The first kappa shape index (κ1) is 33.5. The number of likely N-dealkylation sites (N-methyl/N-ethyl adjacent to an activating group) is 1. The maximum Gasteiger partial charge on any atom is 0.243 e. The van der Waals surface area contributed by atoms with Crippen LogP contribution in [0.5, 0.6) is 5.75 Å². The van der Waals surface area contributed by atoms with Crippen LogP contribution in [-0.2, 0) is 37.4 Å². The number of hydrogen-bond donors (Lipinski definition) is 5. The Morgan fingerprint density at radius 3 is 2.37 bits per heavy atom. The summed E-state index contributed by atoms with van der Waals surface area (Å²) in [5, 5.41) is 18.8. The predicted octanol–water partition coefficient (Wildman–Crippen LogP) is 2.06. The Balaban J connectivity index is 1.85. The Labute approximate surface area is 252 Å². The molecule has 0 unspecified atom stereocenters. The number of halogens is 1. The molecule has 6 N–H and O–H groups in total. The topological polar surface area (TPSA) is 154 Å². The third-order valence-electron chi connectivity index (χ3n) is 7.62. The highest BCUT2D eigenvalue weighted by atomic mass is 19.1. The van der Waals surface area contributed by atoms with Crippen molar-refractivity contribution in [2.75, 3.05) is 20.1 Å². The summed E-state index contributed by atoms with van der Waals surface area (Å²) in [5.41, 5.74) is 7.98. The van der Waals surface area contributed by atoms with Crippen molar-refractivity contribution in [1.29, 1.82) is 0 Å². The van der Waals surface area contributed by atoms with Gasteiger partial charge in [0.1, 0.15) is 23.7 Å². The molecule has 11 heteroatoms. The molecule has 2 aromatic rings. The molecule has 1 fully saturated rings. The fourth-order valence-corrected chi connectivity index (χ4v) is 5.10. The minimum Gasteiger partial charge on any atom is -0.508 e. The number of nitrogens with zero attached hydrogens (tertiary/aromatic N) is 1. The number of amides is 4. The van der Waals surface area contributed by atoms with E-state index in [2.05, 4.69) is 16.0 Å². The summed E-state index contributed by atoms with van der Waals surface area (Å²) in [6.45, 7) is 6.39. The highest BCUT2D eigenvalue weighted by Crippen LogP contribution is 2.31. The van der Waals surface area contributed by atoms with Crippen molar-refractivity contribution in [2.24, 2.45) is 5.73 Å². The van der Waals surface area contributed by atoms with Gasteiger partial charge in [0, 0.05) is 33.0 Å². The fraction of sp³-hybridized carbons (Fsp3) is 0.500. The molecule has 10 nitrogen and oxygen atoms in total. The van der Waals surface area contributed by atoms with E-state index in [4.69, 9.17) is 5.73 Å². The number of nitrogens with one attached hydrogen (secondary N) is 3. The van der Waals surface area contributed by atoms with Crippen molar-refractivity contribution >= 4 is 23.6 Å². The van der Waals surface area contributed by atoms with Crippen molar-refractivity contribution in [3.05, 3.63) is 65.0 Å². The Morgan fingerprint density at radius 2 is 1.70 bits per heavy atom. The highest BCUT2D eigenvalue weighted by molar-refractivity contribution is 5.93. The van der Waals surface area contributed by atoms with Gasteiger partial charge in [-0.05, 0) is 66.0 Å². The van der Waals surface area contributed by atoms with E-state index in [1.165, 1.54) is 24.1 Å². The van der Waals surface area contributed by atoms with Crippen LogP contribution in [0.2, 0.25) is 0 Å². The second kappa shape index (κ2) is 15.0. The van der Waals surface area contributed by atoms with E-state index in [9.17, 15) is 28.7 Å². The SMILES string of the molecule is CN(C(=O)[C@@H](N)Cc1ccc(F)cc1)[C@H]1CCCCNC(=O)CCNC(=O)[C@H](Cc2ccc(O)c(C(C)(C)C)c2)NC1=O. The normalized spacial score (nSPS) is 19.8. The van der Waals surface area contributed by atoms with Crippen molar-refractivity contribution in [3.8, 4) is 5.75 Å². The van der Waals surface area contributed by atoms with Crippen LogP contribution in [-0.4, -0.2) is 71.9 Å². The summed E-state index contributed by atoms with van der Waals surface area (Å²) >= 11 is 0. The average Bonchev–Trinajstić information content (AvgIpc) is 2.94. The van der Waals surface area contributed by atoms with Crippen LogP contribution in [0.15, 0.2) is 42.5 Å². The van der Waals surface area contributed by atoms with Crippen LogP contribution in [0.3, 0.4) is 0 Å². The zero-order chi connectivity index (χ0) is 31.7. The van der Waals surface area contributed by atoms with Gasteiger partial charge in [-0.15, -0.1) is 0 Å². The van der Waals surface area contributed by atoms with Gasteiger partial charge in [0.05, 0.1) is 6.04 Å². The van der Waals surface area contributed by atoms with E-state index in [0.717, 1.165) is 5.56 Å². The molecule has 3 atom stereocenters. The number of benzene rings is 2. The molecule has 0 spiro atoms. The van der Waals surface area contributed by atoms with E-state index in [0.29, 0.717) is 30.5 Å². The molecule has 1 saturated heterocycles. The fourth-order valence-electron chi connectivity index (χ4n) is 5.10. The number of carbonyl (C=O) groups is 4. The third kappa shape index (κ3) is 9.77. The van der Waals surface area contributed by atoms with Gasteiger partial charge < -0.3 is 31.7 Å². The average molecular weight is 598 g/mol. The molecule has 4 amide bonds. The van der Waals surface area contributed by atoms with Gasteiger partial charge in [0.25, 0.3) is 0 Å². The second-order valence-electron chi connectivity index (χ2n) is 12.2. The number of carbonyl (C=O) groups excluding carboxylic acids is 4. The molecule has 0 saturated carbocycles. The van der Waals surface area contributed by atoms with Crippen LogP contribution < -0.4 is 21.7 Å². The van der Waals surface area contributed by atoms with E-state index < -0.39 is 41.7 Å². The standard InChI is InChI=1S/C32H44FN5O5/c1-32(2,3)23-17-21(10-13-27(23)39)19-25-29(41)36-16-14-28(40)35-15-6-5-7-26(30(42)37-25)38(4)31(43)24(34)18-20-8-11-22(33)12-9-20/h8-13,17,24-26,39H,5-7,14-16,18-19,34H2,1-4H3,(H,35,40)(H,36,41)(H,37,42)/t24-,25-,26-/m0/s1. The van der Waals surface area contributed by atoms with Crippen LogP contribution in [0.25, 0.3) is 0 Å². The smallest absolute Gasteiger partial charge is 0.243 e. The maximum absolute atomic E-state index is 13.7. The summed E-state index contributed by atoms with van der Waals surface area (Å²) in [5.74, 6) is -1.88. The van der Waals surface area contributed by atoms with Crippen molar-refractivity contribution in [1.82, 2.24) is 20.9 Å². The van der Waals surface area contributed by atoms with Crippen LogP contribution >= 0.6 is 0 Å². The van der Waals surface area contributed by atoms with Gasteiger partial charge >= 0.3 is 0 Å². The molecule has 0 radical (unpaired) electrons. The lowest BCUT2D eigenvalue weighted by Crippen LogP contribution is -2.57. The molecule has 1 aliphatic heterocycles. The van der Waals surface area contributed by atoms with Gasteiger partial charge in [-0.1, -0.05) is 45.0 Å². The lowest BCUT2D eigenvalue weighted by atomic mass is 9.84. The molecule has 1 heterocycles. The van der Waals surface area contributed by atoms with Gasteiger partial charge in [0.15, 0.2) is 0 Å². The molecular weight excluding hydrogens is 553 g/mol. The molecule has 0 aliphatic carbocycles. The Hall–Kier alpha value is -3.99. The summed E-state index contributed by atoms with van der Waals surface area (Å²) in [6.07, 6.45) is 1.80. The number of nitrogens with two attached hydrogens (primary N) is 1. The molecule has 234 valence electrons. The van der Waals surface area contributed by atoms with E-state index in [1.54, 1.807) is 24.3 Å². The quantitative estimate of drug-likeness (QED) is 0.344. The highest BCUT2D eigenvalue weighted by Gasteiger charge is 2.33. The minimum absolute atomic E-state index is 0.0971. The van der Waals surface area contributed by atoms with Gasteiger partial charge in [-0.3, -0.25) is 19.2 Å². The number of hydrogen-bond acceptors (Lipinski definition) is 6. The first-order chi connectivity index (χ1) is 20.3. The number of aromatic hydroxyl groups is 1.